The quantitative estimate of drug-likeness (QED) is 0.300. The van der Waals surface area contributed by atoms with Gasteiger partial charge in [-0.25, -0.2) is 9.82 Å². The van der Waals surface area contributed by atoms with Crippen molar-refractivity contribution in [2.24, 2.45) is 5.10 Å². The fourth-order valence-electron chi connectivity index (χ4n) is 2.00. The van der Waals surface area contributed by atoms with E-state index in [1.165, 1.54) is 47.0 Å². The Morgan fingerprint density at radius 3 is 2.64 bits per heavy atom. The Morgan fingerprint density at radius 1 is 1.14 bits per heavy atom. The Kier molecular flexibility index (Phi) is 7.84. The zero-order valence-electron chi connectivity index (χ0n) is 14.3. The third kappa shape index (κ3) is 6.30. The predicted molar refractivity (Wildman–Crippen MR) is 114 cm³/mol. The minimum absolute atomic E-state index is 0.125. The number of nitrogens with one attached hydrogen (secondary N) is 1. The van der Waals surface area contributed by atoms with Gasteiger partial charge in [-0.05, 0) is 17.7 Å². The fourth-order valence-corrected chi connectivity index (χ4v) is 4.98. The maximum Gasteiger partial charge on any atom is 0.250 e. The van der Waals surface area contributed by atoms with Crippen molar-refractivity contribution in [3.8, 4) is 0 Å². The summed E-state index contributed by atoms with van der Waals surface area (Å²) in [4.78, 5) is 11.9. The number of rotatable bonds is 8. The van der Waals surface area contributed by atoms with Crippen LogP contribution in [0, 0.1) is 5.82 Å². The van der Waals surface area contributed by atoms with Crippen LogP contribution in [-0.4, -0.2) is 28.1 Å². The van der Waals surface area contributed by atoms with Crippen LogP contribution in [-0.2, 0) is 10.5 Å². The molecule has 3 aromatic rings. The minimum atomic E-state index is -0.505. The molecule has 0 unspecified atom stereocenters. The minimum Gasteiger partial charge on any atom is -0.272 e. The van der Waals surface area contributed by atoms with Gasteiger partial charge in [-0.3, -0.25) is 4.79 Å². The van der Waals surface area contributed by atoms with Crippen LogP contribution in [0.2, 0.25) is 5.02 Å². The number of thioether (sulfide) groups is 2. The number of aromatic nitrogens is 2. The normalized spacial score (nSPS) is 11.1. The Balaban J connectivity index is 1.43. The lowest BCUT2D eigenvalue weighted by Crippen LogP contribution is -2.19. The summed E-state index contributed by atoms with van der Waals surface area (Å²) in [6.07, 6.45) is 1.18. The van der Waals surface area contributed by atoms with Gasteiger partial charge in [0.2, 0.25) is 0 Å². The van der Waals surface area contributed by atoms with Crippen LogP contribution in [0.1, 0.15) is 11.1 Å². The Bertz CT molecular complexity index is 948. The molecule has 28 heavy (non-hydrogen) atoms. The van der Waals surface area contributed by atoms with Crippen LogP contribution in [0.15, 0.2) is 62.3 Å². The van der Waals surface area contributed by atoms with Crippen LogP contribution in [0.25, 0.3) is 0 Å². The average molecular weight is 453 g/mol. The molecule has 0 saturated heterocycles. The van der Waals surface area contributed by atoms with Gasteiger partial charge in [-0.15, -0.1) is 10.2 Å². The van der Waals surface area contributed by atoms with Gasteiger partial charge < -0.3 is 0 Å². The summed E-state index contributed by atoms with van der Waals surface area (Å²) < 4.78 is 15.2. The first kappa shape index (κ1) is 20.8. The molecule has 0 atom stereocenters. The Labute approximate surface area is 178 Å². The molecule has 3 rings (SSSR count). The number of hydrazone groups is 1. The van der Waals surface area contributed by atoms with Gasteiger partial charge >= 0.3 is 0 Å². The summed E-state index contributed by atoms with van der Waals surface area (Å²) in [5, 5.41) is 12.2. The van der Waals surface area contributed by atoms with Crippen molar-refractivity contribution < 1.29 is 9.18 Å². The van der Waals surface area contributed by atoms with Crippen LogP contribution < -0.4 is 5.43 Å². The van der Waals surface area contributed by atoms with Gasteiger partial charge in [-0.1, -0.05) is 82.9 Å². The number of carbonyl (C=O) groups is 1. The molecule has 0 fully saturated rings. The van der Waals surface area contributed by atoms with Crippen molar-refractivity contribution in [2.75, 3.05) is 5.75 Å². The molecule has 0 aliphatic carbocycles. The van der Waals surface area contributed by atoms with Crippen molar-refractivity contribution in [3.63, 3.8) is 0 Å². The topological polar surface area (TPSA) is 67.2 Å². The zero-order valence-corrected chi connectivity index (χ0v) is 17.5. The monoisotopic (exact) mass is 452 g/mol. The maximum absolute atomic E-state index is 13.6. The summed E-state index contributed by atoms with van der Waals surface area (Å²) >= 11 is 10.2. The summed E-state index contributed by atoms with van der Waals surface area (Å²) in [5.74, 6) is 0.102. The number of halogens is 2. The second-order valence-corrected chi connectivity index (χ2v) is 9.15. The van der Waals surface area contributed by atoms with Gasteiger partial charge in [0.25, 0.3) is 5.91 Å². The van der Waals surface area contributed by atoms with Crippen LogP contribution in [0.5, 0.6) is 0 Å². The molecule has 1 aromatic heterocycles. The summed E-state index contributed by atoms with van der Waals surface area (Å²) in [6.45, 7) is 0. The summed E-state index contributed by atoms with van der Waals surface area (Å²) in [5.41, 5.74) is 3.68. The third-order valence-electron chi connectivity index (χ3n) is 3.30. The summed E-state index contributed by atoms with van der Waals surface area (Å²) in [7, 11) is 0. The van der Waals surface area contributed by atoms with Gasteiger partial charge in [-0.2, -0.15) is 5.10 Å². The van der Waals surface area contributed by atoms with Crippen LogP contribution in [0.3, 0.4) is 0 Å². The molecule has 0 aliphatic rings. The molecule has 144 valence electrons. The lowest BCUT2D eigenvalue weighted by Gasteiger charge is -2.00. The van der Waals surface area contributed by atoms with E-state index in [0.29, 0.717) is 4.34 Å². The van der Waals surface area contributed by atoms with Crippen molar-refractivity contribution in [1.82, 2.24) is 15.6 Å². The molecule has 1 amide bonds. The average Bonchev–Trinajstić information content (AvgIpc) is 3.16. The van der Waals surface area contributed by atoms with Gasteiger partial charge in [0, 0.05) is 11.3 Å². The maximum atomic E-state index is 13.6. The zero-order chi connectivity index (χ0) is 19.8. The largest absolute Gasteiger partial charge is 0.272 e. The smallest absolute Gasteiger partial charge is 0.250 e. The number of hydrogen-bond acceptors (Lipinski definition) is 7. The van der Waals surface area contributed by atoms with E-state index in [-0.39, 0.29) is 22.2 Å². The number of nitrogens with zero attached hydrogens (tertiary/aromatic N) is 3. The van der Waals surface area contributed by atoms with Crippen molar-refractivity contribution in [2.45, 2.75) is 14.4 Å². The van der Waals surface area contributed by atoms with Crippen LogP contribution in [0.4, 0.5) is 4.39 Å². The first-order valence-corrected chi connectivity index (χ1v) is 11.2. The summed E-state index contributed by atoms with van der Waals surface area (Å²) in [6, 6.07) is 14.4. The molecule has 0 aliphatic heterocycles. The van der Waals surface area contributed by atoms with E-state index in [9.17, 15) is 9.18 Å². The third-order valence-corrected chi connectivity index (χ3v) is 6.89. The molecular formula is C18H14ClFN4OS3. The van der Waals surface area contributed by atoms with Crippen LogP contribution >= 0.6 is 46.5 Å². The predicted octanol–water partition coefficient (Wildman–Crippen LogP) is 4.87. The van der Waals surface area contributed by atoms with Gasteiger partial charge in [0.05, 0.1) is 17.0 Å². The van der Waals surface area contributed by atoms with Crippen molar-refractivity contribution in [3.05, 3.63) is 70.5 Å². The standard InChI is InChI=1S/C18H14ClFN4OS3/c19-14-7-4-8-15(20)13(14)9-21-22-16(25)11-27-18-24-23-17(28-18)26-10-12-5-2-1-3-6-12/h1-9H,10-11H2,(H,22,25). The fraction of sp³-hybridized carbons (Fsp3) is 0.111. The molecule has 10 heteroatoms. The number of benzene rings is 2. The second-order valence-electron chi connectivity index (χ2n) is 5.33. The first-order valence-electron chi connectivity index (χ1n) is 8.01. The molecule has 0 spiro atoms. The number of amides is 1. The van der Waals surface area contributed by atoms with E-state index < -0.39 is 5.82 Å². The van der Waals surface area contributed by atoms with E-state index in [0.717, 1.165) is 10.1 Å². The molecule has 0 saturated carbocycles. The van der Waals surface area contributed by atoms with Gasteiger partial charge in [0.1, 0.15) is 5.82 Å². The van der Waals surface area contributed by atoms with E-state index in [2.05, 4.69) is 32.9 Å². The SMILES string of the molecule is O=C(CSc1nnc(SCc2ccccc2)s1)NN=Cc1c(F)cccc1Cl. The van der Waals surface area contributed by atoms with E-state index in [1.54, 1.807) is 17.8 Å². The molecule has 1 N–H and O–H groups in total. The Morgan fingerprint density at radius 2 is 1.89 bits per heavy atom. The van der Waals surface area contributed by atoms with E-state index in [1.807, 2.05) is 18.2 Å². The lowest BCUT2D eigenvalue weighted by molar-refractivity contribution is -0.118. The molecule has 1 heterocycles. The van der Waals surface area contributed by atoms with Crippen molar-refractivity contribution >= 4 is 58.6 Å². The molecule has 5 nitrogen and oxygen atoms in total. The Hall–Kier alpha value is -1.94. The molecule has 0 radical (unpaired) electrons. The first-order chi connectivity index (χ1) is 13.6. The number of hydrogen-bond donors (Lipinski definition) is 1. The molecule has 0 bridgehead atoms. The van der Waals surface area contributed by atoms with Gasteiger partial charge in [0.15, 0.2) is 8.68 Å². The van der Waals surface area contributed by atoms with E-state index >= 15 is 0 Å². The highest BCUT2D eigenvalue weighted by molar-refractivity contribution is 8.03. The lowest BCUT2D eigenvalue weighted by atomic mass is 10.2. The van der Waals surface area contributed by atoms with E-state index in [4.69, 9.17) is 11.6 Å². The highest BCUT2D eigenvalue weighted by atomic mass is 35.5. The molecule has 2 aromatic carbocycles. The highest BCUT2D eigenvalue weighted by Crippen LogP contribution is 2.30. The highest BCUT2D eigenvalue weighted by Gasteiger charge is 2.09. The second kappa shape index (κ2) is 10.6. The number of carbonyl (C=O) groups excluding carboxylic acids is 1. The molecular weight excluding hydrogens is 439 g/mol. The van der Waals surface area contributed by atoms with Crippen molar-refractivity contribution in [1.29, 1.82) is 0 Å².